The number of benzene rings is 1. The summed E-state index contributed by atoms with van der Waals surface area (Å²) < 4.78 is 1.16. The van der Waals surface area contributed by atoms with Crippen LogP contribution in [0.15, 0.2) is 48.1 Å². The second-order valence-electron chi connectivity index (χ2n) is 9.92. The second kappa shape index (κ2) is 13.0. The number of aromatic nitrogens is 3. The van der Waals surface area contributed by atoms with Crippen molar-refractivity contribution in [1.29, 1.82) is 0 Å². The van der Waals surface area contributed by atoms with Crippen LogP contribution in [0.5, 0.6) is 0 Å². The van der Waals surface area contributed by atoms with Crippen LogP contribution in [0.2, 0.25) is 0 Å². The Labute approximate surface area is 229 Å². The smallest absolute Gasteiger partial charge is 0.222 e. The zero-order chi connectivity index (χ0) is 27.1. The van der Waals surface area contributed by atoms with Crippen LogP contribution in [0, 0.1) is 0 Å². The Bertz CT molecular complexity index is 1380. The third kappa shape index (κ3) is 6.79. The summed E-state index contributed by atoms with van der Waals surface area (Å²) in [6, 6.07) is 11.7. The van der Waals surface area contributed by atoms with Gasteiger partial charge in [0.05, 0.1) is 21.4 Å². The number of aromatic amines is 1. The number of rotatable bonds is 8. The fraction of sp³-hybridized carbons (Fsp3) is 0.433. The molecule has 0 bridgehead atoms. The lowest BCUT2D eigenvalue weighted by atomic mass is 10.0. The van der Waals surface area contributed by atoms with Gasteiger partial charge in [0, 0.05) is 54.6 Å². The SMILES string of the molecule is CCC(=O)N1CC=C(c2cc3c(Nc4ccc5ncsc5c4)ccnc3[nH]2)CC1.CCC(C)NC(C)CC. The first-order chi connectivity index (χ1) is 18.4. The van der Waals surface area contributed by atoms with E-state index in [1.165, 1.54) is 18.4 Å². The number of pyridine rings is 1. The molecule has 2 unspecified atom stereocenters. The van der Waals surface area contributed by atoms with E-state index >= 15 is 0 Å². The van der Waals surface area contributed by atoms with Crippen molar-refractivity contribution in [2.24, 2.45) is 0 Å². The largest absolute Gasteiger partial charge is 0.355 e. The molecule has 4 aromatic rings. The van der Waals surface area contributed by atoms with E-state index < -0.39 is 0 Å². The fourth-order valence-corrected chi connectivity index (χ4v) is 5.20. The second-order valence-corrected chi connectivity index (χ2v) is 10.8. The van der Waals surface area contributed by atoms with Crippen LogP contribution < -0.4 is 10.6 Å². The van der Waals surface area contributed by atoms with Crippen LogP contribution in [0.4, 0.5) is 11.4 Å². The van der Waals surface area contributed by atoms with Gasteiger partial charge in [0.15, 0.2) is 0 Å². The number of carbonyl (C=O) groups excluding carboxylic acids is 1. The Morgan fingerprint density at radius 2 is 1.89 bits per heavy atom. The summed E-state index contributed by atoms with van der Waals surface area (Å²) in [6.07, 6.45) is 7.82. The molecular weight excluding hydrogens is 492 g/mol. The highest BCUT2D eigenvalue weighted by Gasteiger charge is 2.18. The first kappa shape index (κ1) is 27.8. The Morgan fingerprint density at radius 1 is 1.11 bits per heavy atom. The molecule has 1 aliphatic rings. The molecule has 202 valence electrons. The lowest BCUT2D eigenvalue weighted by molar-refractivity contribution is -0.130. The van der Waals surface area contributed by atoms with Crippen molar-refractivity contribution < 1.29 is 4.79 Å². The highest BCUT2D eigenvalue weighted by Crippen LogP contribution is 2.31. The molecule has 1 amide bonds. The van der Waals surface area contributed by atoms with E-state index in [1.807, 2.05) is 41.7 Å². The fourth-order valence-electron chi connectivity index (χ4n) is 4.48. The van der Waals surface area contributed by atoms with Gasteiger partial charge in [0.2, 0.25) is 5.91 Å². The molecule has 0 spiro atoms. The van der Waals surface area contributed by atoms with Gasteiger partial charge in [-0.3, -0.25) is 4.79 Å². The van der Waals surface area contributed by atoms with Crippen molar-refractivity contribution in [1.82, 2.24) is 25.2 Å². The summed E-state index contributed by atoms with van der Waals surface area (Å²) in [5.41, 5.74) is 8.09. The van der Waals surface area contributed by atoms with Gasteiger partial charge < -0.3 is 20.5 Å². The Balaban J connectivity index is 0.000000323. The molecule has 0 saturated heterocycles. The molecule has 8 heteroatoms. The van der Waals surface area contributed by atoms with E-state index in [0.29, 0.717) is 25.0 Å². The summed E-state index contributed by atoms with van der Waals surface area (Å²) in [5, 5.41) is 8.06. The number of thiazole rings is 1. The molecule has 0 radical (unpaired) electrons. The van der Waals surface area contributed by atoms with Crippen LogP contribution >= 0.6 is 11.3 Å². The number of H-pyrrole nitrogens is 1. The Morgan fingerprint density at radius 3 is 2.58 bits per heavy atom. The summed E-state index contributed by atoms with van der Waals surface area (Å²) in [4.78, 5) is 26.1. The molecule has 0 saturated carbocycles. The molecule has 3 aromatic heterocycles. The van der Waals surface area contributed by atoms with E-state index in [9.17, 15) is 4.79 Å². The maximum atomic E-state index is 11.9. The molecule has 0 fully saturated rings. The number of hydrogen-bond acceptors (Lipinski definition) is 6. The Kier molecular flexibility index (Phi) is 9.53. The standard InChI is InChI=1S/C22H21N5OS.C8H19N/c1-2-21(28)27-9-6-14(7-10-27)19-12-16-17(5-8-23-22(16)26-19)25-15-3-4-18-20(11-15)29-13-24-18;1-5-7(3)9-8(4)6-2/h3-6,8,11-13H,2,7,9-10H2,1H3,(H2,23,25,26);7-9H,5-6H2,1-4H3. The van der Waals surface area contributed by atoms with Crippen LogP contribution in [0.25, 0.3) is 26.8 Å². The topological polar surface area (TPSA) is 85.9 Å². The number of nitrogens with zero attached hydrogens (tertiary/aromatic N) is 3. The predicted molar refractivity (Wildman–Crippen MR) is 161 cm³/mol. The van der Waals surface area contributed by atoms with Gasteiger partial charge in [-0.15, -0.1) is 11.3 Å². The summed E-state index contributed by atoms with van der Waals surface area (Å²) in [6.45, 7) is 12.2. The van der Waals surface area contributed by atoms with Crippen molar-refractivity contribution in [2.45, 2.75) is 72.4 Å². The number of hydrogen-bond donors (Lipinski definition) is 3. The molecule has 1 aliphatic heterocycles. The van der Waals surface area contributed by atoms with E-state index in [1.54, 1.807) is 11.3 Å². The van der Waals surface area contributed by atoms with Gasteiger partial charge in [0.25, 0.3) is 0 Å². The molecular formula is C30H40N6OS. The minimum Gasteiger partial charge on any atom is -0.355 e. The first-order valence-corrected chi connectivity index (χ1v) is 14.6. The molecule has 38 heavy (non-hydrogen) atoms. The van der Waals surface area contributed by atoms with E-state index in [-0.39, 0.29) is 5.91 Å². The quantitative estimate of drug-likeness (QED) is 0.225. The van der Waals surface area contributed by atoms with Crippen molar-refractivity contribution in [3.05, 3.63) is 53.8 Å². The predicted octanol–water partition coefficient (Wildman–Crippen LogP) is 7.11. The maximum absolute atomic E-state index is 11.9. The lowest BCUT2D eigenvalue weighted by Crippen LogP contribution is -2.34. The summed E-state index contributed by atoms with van der Waals surface area (Å²) in [7, 11) is 0. The number of anilines is 2. The third-order valence-corrected chi connectivity index (χ3v) is 7.94. The number of fused-ring (bicyclic) bond motifs is 2. The maximum Gasteiger partial charge on any atom is 0.222 e. The minimum absolute atomic E-state index is 0.211. The van der Waals surface area contributed by atoms with Gasteiger partial charge in [-0.2, -0.15) is 0 Å². The van der Waals surface area contributed by atoms with Crippen LogP contribution in [0.3, 0.4) is 0 Å². The molecule has 2 atom stereocenters. The minimum atomic E-state index is 0.211. The normalized spacial score (nSPS) is 15.1. The molecule has 0 aliphatic carbocycles. The van der Waals surface area contributed by atoms with Gasteiger partial charge in [-0.25, -0.2) is 9.97 Å². The van der Waals surface area contributed by atoms with Crippen LogP contribution in [-0.4, -0.2) is 50.9 Å². The highest BCUT2D eigenvalue weighted by molar-refractivity contribution is 7.16. The first-order valence-electron chi connectivity index (χ1n) is 13.7. The van der Waals surface area contributed by atoms with Crippen molar-refractivity contribution in [2.75, 3.05) is 18.4 Å². The zero-order valence-electron chi connectivity index (χ0n) is 23.2. The Hall–Kier alpha value is -3.23. The number of amides is 1. The van der Waals surface area contributed by atoms with Gasteiger partial charge >= 0.3 is 0 Å². The average Bonchev–Trinajstić information content (AvgIpc) is 3.60. The van der Waals surface area contributed by atoms with Gasteiger partial charge in [0.1, 0.15) is 5.65 Å². The average molecular weight is 533 g/mol. The van der Waals surface area contributed by atoms with Gasteiger partial charge in [-0.1, -0.05) is 26.8 Å². The molecule has 5 rings (SSSR count). The molecule has 1 aromatic carbocycles. The van der Waals surface area contributed by atoms with Crippen molar-refractivity contribution >= 4 is 55.4 Å². The summed E-state index contributed by atoms with van der Waals surface area (Å²) in [5.74, 6) is 0.211. The number of nitrogens with one attached hydrogen (secondary N) is 3. The lowest BCUT2D eigenvalue weighted by Gasteiger charge is -2.25. The van der Waals surface area contributed by atoms with Crippen LogP contribution in [0.1, 0.15) is 66.0 Å². The summed E-state index contributed by atoms with van der Waals surface area (Å²) >= 11 is 1.64. The zero-order valence-corrected chi connectivity index (χ0v) is 24.0. The molecule has 7 nitrogen and oxygen atoms in total. The van der Waals surface area contributed by atoms with Crippen molar-refractivity contribution in [3.63, 3.8) is 0 Å². The number of carbonyl (C=O) groups is 1. The van der Waals surface area contributed by atoms with Gasteiger partial charge in [-0.05, 0) is 69.0 Å². The highest BCUT2D eigenvalue weighted by atomic mass is 32.1. The van der Waals surface area contributed by atoms with Crippen LogP contribution in [-0.2, 0) is 4.79 Å². The van der Waals surface area contributed by atoms with E-state index in [4.69, 9.17) is 0 Å². The monoisotopic (exact) mass is 532 g/mol. The molecule has 3 N–H and O–H groups in total. The van der Waals surface area contributed by atoms with E-state index in [2.05, 4.69) is 71.5 Å². The van der Waals surface area contributed by atoms with E-state index in [0.717, 1.165) is 51.3 Å². The van der Waals surface area contributed by atoms with Crippen molar-refractivity contribution in [3.8, 4) is 0 Å². The third-order valence-electron chi connectivity index (χ3n) is 7.15. The molecule has 4 heterocycles.